The normalized spacial score (nSPS) is 11.6. The molecule has 0 bridgehead atoms. The summed E-state index contributed by atoms with van der Waals surface area (Å²) in [6.07, 6.45) is 1.88. The molecule has 0 aliphatic carbocycles. The van der Waals surface area contributed by atoms with Crippen molar-refractivity contribution in [3.05, 3.63) is 23.0 Å². The van der Waals surface area contributed by atoms with Gasteiger partial charge in [0, 0.05) is 5.02 Å². The lowest BCUT2D eigenvalue weighted by atomic mass is 9.91. The average Bonchev–Trinajstić information content (AvgIpc) is 2.13. The van der Waals surface area contributed by atoms with Gasteiger partial charge in [0.15, 0.2) is 11.6 Å². The van der Waals surface area contributed by atoms with Crippen LogP contribution in [-0.2, 0) is 0 Å². The molecule has 17 heavy (non-hydrogen) atoms. The Bertz CT molecular complexity index is 364. The molecule has 1 aromatic rings. The summed E-state index contributed by atoms with van der Waals surface area (Å²) in [5.41, 5.74) is 6.14. The Morgan fingerprint density at radius 2 is 2.00 bits per heavy atom. The van der Waals surface area contributed by atoms with E-state index in [-0.39, 0.29) is 21.9 Å². The van der Waals surface area contributed by atoms with E-state index in [1.54, 1.807) is 0 Å². The molecule has 0 heterocycles. The fraction of sp³-hybridized carbons (Fsp3) is 0.538. The molecule has 0 atom stereocenters. The molecule has 0 aliphatic rings. The fourth-order valence-electron chi connectivity index (χ4n) is 1.51. The Morgan fingerprint density at radius 3 is 2.53 bits per heavy atom. The summed E-state index contributed by atoms with van der Waals surface area (Å²) in [5.74, 6) is -0.408. The summed E-state index contributed by atoms with van der Waals surface area (Å²) < 4.78 is 18.8. The number of hydrogen-bond acceptors (Lipinski definition) is 2. The molecule has 0 amide bonds. The topological polar surface area (TPSA) is 35.2 Å². The van der Waals surface area contributed by atoms with Crippen LogP contribution in [0.2, 0.25) is 5.02 Å². The first-order valence-corrected chi connectivity index (χ1v) is 6.05. The molecule has 1 aromatic carbocycles. The zero-order valence-electron chi connectivity index (χ0n) is 10.5. The van der Waals surface area contributed by atoms with Crippen molar-refractivity contribution in [3.8, 4) is 5.75 Å². The third kappa shape index (κ3) is 4.82. The Hall–Kier alpha value is -0.960. The van der Waals surface area contributed by atoms with E-state index in [9.17, 15) is 4.39 Å². The van der Waals surface area contributed by atoms with Crippen molar-refractivity contribution in [2.75, 3.05) is 12.3 Å². The first-order chi connectivity index (χ1) is 7.79. The monoisotopic (exact) mass is 259 g/mol. The van der Waals surface area contributed by atoms with Crippen molar-refractivity contribution in [2.45, 2.75) is 33.6 Å². The molecule has 0 radical (unpaired) electrons. The van der Waals surface area contributed by atoms with Gasteiger partial charge < -0.3 is 10.5 Å². The van der Waals surface area contributed by atoms with Crippen molar-refractivity contribution in [2.24, 2.45) is 5.41 Å². The minimum atomic E-state index is -0.509. The Labute approximate surface area is 107 Å². The maximum absolute atomic E-state index is 13.5. The lowest BCUT2D eigenvalue weighted by Crippen LogP contribution is -2.09. The predicted octanol–water partition coefficient (Wildman–Crippen LogP) is 4.27. The highest BCUT2D eigenvalue weighted by Crippen LogP contribution is 2.29. The van der Waals surface area contributed by atoms with E-state index in [2.05, 4.69) is 20.8 Å². The zero-order valence-corrected chi connectivity index (χ0v) is 11.3. The summed E-state index contributed by atoms with van der Waals surface area (Å²) in [5, 5.41) is 0.280. The maximum atomic E-state index is 13.5. The third-order valence-corrected chi connectivity index (χ3v) is 2.57. The van der Waals surface area contributed by atoms with E-state index in [0.29, 0.717) is 6.61 Å². The number of nitrogen functional groups attached to an aromatic ring is 1. The standard InChI is InChI=1S/C13H19ClFNO/c1-13(2,3)5-4-6-17-12-10(15)7-9(14)8-11(12)16/h7-8H,4-6,16H2,1-3H3. The van der Waals surface area contributed by atoms with Gasteiger partial charge in [-0.3, -0.25) is 0 Å². The van der Waals surface area contributed by atoms with Gasteiger partial charge in [0.2, 0.25) is 0 Å². The van der Waals surface area contributed by atoms with Gasteiger partial charge in [-0.25, -0.2) is 4.39 Å². The van der Waals surface area contributed by atoms with Crippen LogP contribution < -0.4 is 10.5 Å². The van der Waals surface area contributed by atoms with Gasteiger partial charge in [-0.05, 0) is 30.4 Å². The van der Waals surface area contributed by atoms with Crippen LogP contribution in [0.5, 0.6) is 5.75 Å². The van der Waals surface area contributed by atoms with E-state index < -0.39 is 5.82 Å². The van der Waals surface area contributed by atoms with Crippen LogP contribution in [-0.4, -0.2) is 6.61 Å². The van der Waals surface area contributed by atoms with Crippen LogP contribution in [0.25, 0.3) is 0 Å². The minimum absolute atomic E-state index is 0.100. The van der Waals surface area contributed by atoms with Gasteiger partial charge in [-0.15, -0.1) is 0 Å². The number of halogens is 2. The maximum Gasteiger partial charge on any atom is 0.177 e. The quantitative estimate of drug-likeness (QED) is 0.647. The van der Waals surface area contributed by atoms with Gasteiger partial charge in [0.05, 0.1) is 12.3 Å². The summed E-state index contributed by atoms with van der Waals surface area (Å²) in [6, 6.07) is 2.70. The molecule has 0 saturated heterocycles. The predicted molar refractivity (Wildman–Crippen MR) is 70.0 cm³/mol. The second-order valence-electron chi connectivity index (χ2n) is 5.32. The van der Waals surface area contributed by atoms with Crippen molar-refractivity contribution in [1.82, 2.24) is 0 Å². The Kier molecular flexibility index (Phi) is 4.63. The van der Waals surface area contributed by atoms with Crippen LogP contribution >= 0.6 is 11.6 Å². The smallest absolute Gasteiger partial charge is 0.177 e. The summed E-state index contributed by atoms with van der Waals surface area (Å²) >= 11 is 5.67. The van der Waals surface area contributed by atoms with Gasteiger partial charge in [0.1, 0.15) is 0 Å². The van der Waals surface area contributed by atoms with Gasteiger partial charge in [-0.2, -0.15) is 0 Å². The van der Waals surface area contributed by atoms with E-state index in [4.69, 9.17) is 22.1 Å². The van der Waals surface area contributed by atoms with Crippen molar-refractivity contribution < 1.29 is 9.13 Å². The first-order valence-electron chi connectivity index (χ1n) is 5.67. The summed E-state index contributed by atoms with van der Waals surface area (Å²) in [6.45, 7) is 6.93. The minimum Gasteiger partial charge on any atom is -0.488 e. The fourth-order valence-corrected chi connectivity index (χ4v) is 1.72. The molecular weight excluding hydrogens is 241 g/mol. The lowest BCUT2D eigenvalue weighted by Gasteiger charge is -2.18. The molecule has 2 N–H and O–H groups in total. The van der Waals surface area contributed by atoms with Crippen LogP contribution in [0.3, 0.4) is 0 Å². The highest BCUT2D eigenvalue weighted by atomic mass is 35.5. The largest absolute Gasteiger partial charge is 0.488 e. The number of nitrogens with two attached hydrogens (primary N) is 1. The molecule has 0 aromatic heterocycles. The number of hydrogen-bond donors (Lipinski definition) is 1. The molecule has 96 valence electrons. The van der Waals surface area contributed by atoms with E-state index >= 15 is 0 Å². The molecule has 2 nitrogen and oxygen atoms in total. The Morgan fingerprint density at radius 1 is 1.35 bits per heavy atom. The van der Waals surface area contributed by atoms with E-state index in [0.717, 1.165) is 12.8 Å². The summed E-state index contributed by atoms with van der Waals surface area (Å²) in [4.78, 5) is 0. The van der Waals surface area contributed by atoms with Crippen LogP contribution in [0, 0.1) is 11.2 Å². The van der Waals surface area contributed by atoms with Crippen LogP contribution in [0.4, 0.5) is 10.1 Å². The highest BCUT2D eigenvalue weighted by molar-refractivity contribution is 6.30. The SMILES string of the molecule is CC(C)(C)CCCOc1c(N)cc(Cl)cc1F. The van der Waals surface area contributed by atoms with E-state index in [1.807, 2.05) is 0 Å². The van der Waals surface area contributed by atoms with Gasteiger partial charge >= 0.3 is 0 Å². The highest BCUT2D eigenvalue weighted by Gasteiger charge is 2.12. The first kappa shape index (κ1) is 14.1. The molecule has 0 spiro atoms. The number of rotatable bonds is 4. The Balaban J connectivity index is 2.53. The summed E-state index contributed by atoms with van der Waals surface area (Å²) in [7, 11) is 0. The number of benzene rings is 1. The molecule has 1 rings (SSSR count). The zero-order chi connectivity index (χ0) is 13.1. The molecule has 0 unspecified atom stereocenters. The van der Waals surface area contributed by atoms with Crippen LogP contribution in [0.15, 0.2) is 12.1 Å². The third-order valence-electron chi connectivity index (χ3n) is 2.35. The van der Waals surface area contributed by atoms with Crippen LogP contribution in [0.1, 0.15) is 33.6 Å². The molecule has 0 fully saturated rings. The molecular formula is C13H19ClFNO. The van der Waals surface area contributed by atoms with Crippen molar-refractivity contribution >= 4 is 17.3 Å². The second kappa shape index (κ2) is 5.58. The van der Waals surface area contributed by atoms with Gasteiger partial charge in [0.25, 0.3) is 0 Å². The lowest BCUT2D eigenvalue weighted by molar-refractivity contribution is 0.261. The molecule has 0 saturated carbocycles. The van der Waals surface area contributed by atoms with Crippen molar-refractivity contribution in [1.29, 1.82) is 0 Å². The molecule has 4 heteroatoms. The molecule has 0 aliphatic heterocycles. The second-order valence-corrected chi connectivity index (χ2v) is 5.76. The average molecular weight is 260 g/mol. The van der Waals surface area contributed by atoms with Crippen molar-refractivity contribution in [3.63, 3.8) is 0 Å². The number of ether oxygens (including phenoxy) is 1. The van der Waals surface area contributed by atoms with E-state index in [1.165, 1.54) is 12.1 Å². The number of anilines is 1. The van der Waals surface area contributed by atoms with Gasteiger partial charge in [-0.1, -0.05) is 32.4 Å².